The number of pyridine rings is 1. The van der Waals surface area contributed by atoms with Gasteiger partial charge < -0.3 is 9.73 Å². The third kappa shape index (κ3) is 3.43. The molecule has 1 N–H and O–H groups in total. The van der Waals surface area contributed by atoms with E-state index in [4.69, 9.17) is 4.42 Å². The molecule has 2 heterocycles. The van der Waals surface area contributed by atoms with E-state index in [2.05, 4.69) is 23.3 Å². The Labute approximate surface area is 102 Å². The summed E-state index contributed by atoms with van der Waals surface area (Å²) in [6, 6.07) is 10.2. The van der Waals surface area contributed by atoms with Crippen molar-refractivity contribution in [3.05, 3.63) is 54.2 Å². The van der Waals surface area contributed by atoms with E-state index < -0.39 is 0 Å². The molecule has 2 rings (SSSR count). The topological polar surface area (TPSA) is 38.1 Å². The zero-order valence-electron chi connectivity index (χ0n) is 10.1. The third-order valence-electron chi connectivity index (χ3n) is 2.67. The minimum Gasteiger partial charge on any atom is -0.469 e. The molecule has 0 radical (unpaired) electrons. The molecule has 3 nitrogen and oxygen atoms in total. The molecular weight excluding hydrogens is 212 g/mol. The Morgan fingerprint density at radius 1 is 1.29 bits per heavy atom. The molecule has 90 valence electrons. The normalized spacial score (nSPS) is 12.5. The van der Waals surface area contributed by atoms with Gasteiger partial charge in [-0.15, -0.1) is 0 Å². The van der Waals surface area contributed by atoms with E-state index in [1.165, 1.54) is 0 Å². The smallest absolute Gasteiger partial charge is 0.105 e. The lowest BCUT2D eigenvalue weighted by molar-refractivity contribution is 0.444. The van der Waals surface area contributed by atoms with Crippen molar-refractivity contribution >= 4 is 0 Å². The Hall–Kier alpha value is -1.61. The predicted octanol–water partition coefficient (Wildman–Crippen LogP) is 2.96. The Balaban J connectivity index is 2.08. The highest BCUT2D eigenvalue weighted by Crippen LogP contribution is 2.16. The molecular formula is C14H18N2O. The number of hydrogen-bond acceptors (Lipinski definition) is 3. The van der Waals surface area contributed by atoms with E-state index in [9.17, 15) is 0 Å². The van der Waals surface area contributed by atoms with E-state index in [-0.39, 0.29) is 6.04 Å². The summed E-state index contributed by atoms with van der Waals surface area (Å²) in [5.74, 6) is 0.990. The summed E-state index contributed by atoms with van der Waals surface area (Å²) in [4.78, 5) is 4.41. The molecule has 0 saturated heterocycles. The number of hydrogen-bond donors (Lipinski definition) is 1. The van der Waals surface area contributed by atoms with Crippen LogP contribution in [0, 0.1) is 0 Å². The van der Waals surface area contributed by atoms with Crippen molar-refractivity contribution in [1.82, 2.24) is 10.3 Å². The van der Waals surface area contributed by atoms with Crippen LogP contribution in [0.25, 0.3) is 0 Å². The molecule has 3 heteroatoms. The summed E-state index contributed by atoms with van der Waals surface area (Å²) >= 11 is 0. The average Bonchev–Trinajstić information content (AvgIpc) is 2.88. The number of nitrogens with zero attached hydrogens (tertiary/aromatic N) is 1. The number of furan rings is 1. The second-order valence-corrected chi connectivity index (χ2v) is 4.04. The number of aromatic nitrogens is 1. The maximum Gasteiger partial charge on any atom is 0.105 e. The van der Waals surface area contributed by atoms with Crippen molar-refractivity contribution in [3.63, 3.8) is 0 Å². The van der Waals surface area contributed by atoms with Gasteiger partial charge in [0.15, 0.2) is 0 Å². The second-order valence-electron chi connectivity index (χ2n) is 4.04. The van der Waals surface area contributed by atoms with Gasteiger partial charge >= 0.3 is 0 Å². The van der Waals surface area contributed by atoms with E-state index in [1.54, 1.807) is 6.26 Å². The van der Waals surface area contributed by atoms with Crippen molar-refractivity contribution in [2.24, 2.45) is 0 Å². The molecule has 0 amide bonds. The lowest BCUT2D eigenvalue weighted by Gasteiger charge is -2.16. The molecule has 0 saturated carbocycles. The molecule has 0 aliphatic carbocycles. The summed E-state index contributed by atoms with van der Waals surface area (Å²) in [6.45, 7) is 3.15. The van der Waals surface area contributed by atoms with E-state index in [0.29, 0.717) is 0 Å². The quantitative estimate of drug-likeness (QED) is 0.829. The van der Waals surface area contributed by atoms with Gasteiger partial charge in [0.1, 0.15) is 5.76 Å². The highest BCUT2D eigenvalue weighted by molar-refractivity contribution is 5.12. The van der Waals surface area contributed by atoms with Crippen LogP contribution in [-0.2, 0) is 6.42 Å². The first-order chi connectivity index (χ1) is 8.40. The van der Waals surface area contributed by atoms with Crippen molar-refractivity contribution in [2.75, 3.05) is 6.54 Å². The molecule has 0 aliphatic rings. The van der Waals surface area contributed by atoms with Gasteiger partial charge in [-0.1, -0.05) is 13.0 Å². The molecule has 0 spiro atoms. The summed E-state index contributed by atoms with van der Waals surface area (Å²) < 4.78 is 5.40. The van der Waals surface area contributed by atoms with Crippen LogP contribution in [0.3, 0.4) is 0 Å². The second kappa shape index (κ2) is 6.21. The molecule has 0 bridgehead atoms. The van der Waals surface area contributed by atoms with Crippen molar-refractivity contribution in [3.8, 4) is 0 Å². The molecule has 0 fully saturated rings. The Kier molecular flexibility index (Phi) is 4.33. The first-order valence-corrected chi connectivity index (χ1v) is 6.07. The van der Waals surface area contributed by atoms with Crippen LogP contribution in [0.5, 0.6) is 0 Å². The first kappa shape index (κ1) is 11.9. The Bertz CT molecular complexity index is 411. The summed E-state index contributed by atoms with van der Waals surface area (Å²) in [6.07, 6.45) is 5.49. The maximum atomic E-state index is 5.40. The maximum absolute atomic E-state index is 5.40. The molecule has 2 aromatic heterocycles. The SMILES string of the molecule is CCCNC(Cc1ccco1)c1ccccn1. The lowest BCUT2D eigenvalue weighted by Crippen LogP contribution is -2.24. The summed E-state index contributed by atoms with van der Waals surface area (Å²) in [5.41, 5.74) is 1.07. The minimum absolute atomic E-state index is 0.224. The highest BCUT2D eigenvalue weighted by atomic mass is 16.3. The van der Waals surface area contributed by atoms with Gasteiger partial charge in [0, 0.05) is 12.6 Å². The Morgan fingerprint density at radius 2 is 2.24 bits per heavy atom. The largest absolute Gasteiger partial charge is 0.469 e. The van der Waals surface area contributed by atoms with Crippen LogP contribution < -0.4 is 5.32 Å². The Morgan fingerprint density at radius 3 is 2.88 bits per heavy atom. The van der Waals surface area contributed by atoms with Gasteiger partial charge in [0.05, 0.1) is 18.0 Å². The molecule has 1 atom stereocenters. The van der Waals surface area contributed by atoms with Gasteiger partial charge in [-0.2, -0.15) is 0 Å². The number of rotatable bonds is 6. The van der Waals surface area contributed by atoms with E-state index in [1.807, 2.05) is 30.5 Å². The van der Waals surface area contributed by atoms with Gasteiger partial charge in [0.2, 0.25) is 0 Å². The minimum atomic E-state index is 0.224. The van der Waals surface area contributed by atoms with Crippen molar-refractivity contribution in [2.45, 2.75) is 25.8 Å². The molecule has 2 aromatic rings. The molecule has 0 aliphatic heterocycles. The monoisotopic (exact) mass is 230 g/mol. The molecule has 0 aromatic carbocycles. The molecule has 17 heavy (non-hydrogen) atoms. The van der Waals surface area contributed by atoms with Crippen molar-refractivity contribution < 1.29 is 4.42 Å². The summed E-state index contributed by atoms with van der Waals surface area (Å²) in [5, 5.41) is 3.50. The van der Waals surface area contributed by atoms with Gasteiger partial charge in [-0.3, -0.25) is 4.98 Å². The standard InChI is InChI=1S/C14H18N2O/c1-2-8-15-14(11-12-6-5-10-17-12)13-7-3-4-9-16-13/h3-7,9-10,14-15H,2,8,11H2,1H3. The molecule has 1 unspecified atom stereocenters. The van der Waals surface area contributed by atoms with Gasteiger partial charge in [-0.25, -0.2) is 0 Å². The van der Waals surface area contributed by atoms with Crippen LogP contribution in [0.4, 0.5) is 0 Å². The van der Waals surface area contributed by atoms with Crippen LogP contribution in [0.15, 0.2) is 47.2 Å². The van der Waals surface area contributed by atoms with Crippen molar-refractivity contribution in [1.29, 1.82) is 0 Å². The van der Waals surface area contributed by atoms with Crippen LogP contribution in [0.2, 0.25) is 0 Å². The average molecular weight is 230 g/mol. The number of nitrogens with one attached hydrogen (secondary N) is 1. The van der Waals surface area contributed by atoms with E-state index >= 15 is 0 Å². The predicted molar refractivity (Wildman–Crippen MR) is 67.7 cm³/mol. The van der Waals surface area contributed by atoms with Crippen LogP contribution >= 0.6 is 0 Å². The fraction of sp³-hybridized carbons (Fsp3) is 0.357. The van der Waals surface area contributed by atoms with Crippen LogP contribution in [-0.4, -0.2) is 11.5 Å². The van der Waals surface area contributed by atoms with E-state index in [0.717, 1.165) is 30.8 Å². The summed E-state index contributed by atoms with van der Waals surface area (Å²) in [7, 11) is 0. The zero-order chi connectivity index (χ0) is 11.9. The lowest BCUT2D eigenvalue weighted by atomic mass is 10.1. The first-order valence-electron chi connectivity index (χ1n) is 6.07. The fourth-order valence-electron chi connectivity index (χ4n) is 1.81. The van der Waals surface area contributed by atoms with Crippen LogP contribution in [0.1, 0.15) is 30.8 Å². The van der Waals surface area contributed by atoms with Gasteiger partial charge in [-0.05, 0) is 37.2 Å². The highest BCUT2D eigenvalue weighted by Gasteiger charge is 2.13. The van der Waals surface area contributed by atoms with Gasteiger partial charge in [0.25, 0.3) is 0 Å². The third-order valence-corrected chi connectivity index (χ3v) is 2.67. The zero-order valence-corrected chi connectivity index (χ0v) is 10.1. The fourth-order valence-corrected chi connectivity index (χ4v) is 1.81.